The van der Waals surface area contributed by atoms with Gasteiger partial charge >= 0.3 is 5.97 Å². The zero-order chi connectivity index (χ0) is 12.4. The third-order valence-electron chi connectivity index (χ3n) is 2.17. The molecule has 1 atom stereocenters. The van der Waals surface area contributed by atoms with Crippen molar-refractivity contribution in [2.24, 2.45) is 4.99 Å². The topological polar surface area (TPSA) is 99.7 Å². The molecule has 0 saturated carbocycles. The highest BCUT2D eigenvalue weighted by molar-refractivity contribution is 6.33. The van der Waals surface area contributed by atoms with Gasteiger partial charge in [-0.05, 0) is 0 Å². The largest absolute Gasteiger partial charge is 0.474 e. The smallest absolute Gasteiger partial charge is 0.334 e. The van der Waals surface area contributed by atoms with Crippen LogP contribution in [0.25, 0.3) is 0 Å². The van der Waals surface area contributed by atoms with Crippen LogP contribution in [-0.2, 0) is 14.3 Å². The predicted molar refractivity (Wildman–Crippen MR) is 59.7 cm³/mol. The van der Waals surface area contributed by atoms with Crippen LogP contribution in [0.4, 0.5) is 5.82 Å². The zero-order valence-electron chi connectivity index (χ0n) is 8.88. The van der Waals surface area contributed by atoms with Crippen molar-refractivity contribution in [1.82, 2.24) is 9.97 Å². The van der Waals surface area contributed by atoms with E-state index >= 15 is 0 Å². The SMILES string of the molecule is COC(=O)C1COC(c2c(N)ncnc2Cl)=N1. The van der Waals surface area contributed by atoms with Crippen molar-refractivity contribution in [2.75, 3.05) is 19.5 Å². The summed E-state index contributed by atoms with van der Waals surface area (Å²) in [7, 11) is 1.28. The van der Waals surface area contributed by atoms with E-state index in [9.17, 15) is 4.79 Å². The number of carbonyl (C=O) groups excluding carboxylic acids is 1. The van der Waals surface area contributed by atoms with Crippen LogP contribution in [0.15, 0.2) is 11.3 Å². The molecule has 1 aliphatic rings. The third kappa shape index (κ3) is 2.14. The average molecular weight is 257 g/mol. The Morgan fingerprint density at radius 2 is 2.41 bits per heavy atom. The molecular formula is C9H9ClN4O3. The molecule has 2 N–H and O–H groups in total. The molecule has 0 bridgehead atoms. The molecule has 0 aliphatic carbocycles. The number of esters is 1. The van der Waals surface area contributed by atoms with E-state index in [4.69, 9.17) is 22.1 Å². The van der Waals surface area contributed by atoms with Gasteiger partial charge in [0, 0.05) is 0 Å². The number of hydrogen-bond acceptors (Lipinski definition) is 7. The van der Waals surface area contributed by atoms with Gasteiger partial charge in [-0.1, -0.05) is 11.6 Å². The van der Waals surface area contributed by atoms with Crippen LogP contribution < -0.4 is 5.73 Å². The molecule has 1 aromatic rings. The first-order chi connectivity index (χ1) is 8.13. The second-order valence-electron chi connectivity index (χ2n) is 3.21. The second-order valence-corrected chi connectivity index (χ2v) is 3.57. The fourth-order valence-electron chi connectivity index (χ4n) is 1.34. The first-order valence-corrected chi connectivity index (χ1v) is 5.06. The van der Waals surface area contributed by atoms with Crippen LogP contribution in [0.2, 0.25) is 5.15 Å². The number of rotatable bonds is 2. The normalized spacial score (nSPS) is 18.5. The standard InChI is InChI=1S/C9H9ClN4O3/c1-16-9(15)4-2-17-8(14-4)5-6(10)12-3-13-7(5)11/h3-4H,2H2,1H3,(H2,11,12,13). The van der Waals surface area contributed by atoms with E-state index < -0.39 is 12.0 Å². The van der Waals surface area contributed by atoms with Crippen molar-refractivity contribution >= 4 is 29.3 Å². The van der Waals surface area contributed by atoms with Crippen LogP contribution in [0.5, 0.6) is 0 Å². The van der Waals surface area contributed by atoms with Crippen LogP contribution in [-0.4, -0.2) is 41.6 Å². The minimum absolute atomic E-state index is 0.0900. The monoisotopic (exact) mass is 256 g/mol. The minimum atomic E-state index is -0.703. The maximum Gasteiger partial charge on any atom is 0.334 e. The molecule has 0 spiro atoms. The molecule has 0 radical (unpaired) electrons. The number of anilines is 1. The maximum atomic E-state index is 11.3. The summed E-state index contributed by atoms with van der Waals surface area (Å²) in [5.74, 6) is -0.177. The number of carbonyl (C=O) groups is 1. The Bertz CT molecular complexity index is 471. The van der Waals surface area contributed by atoms with E-state index in [1.165, 1.54) is 13.4 Å². The van der Waals surface area contributed by atoms with E-state index in [1.807, 2.05) is 0 Å². The number of aromatic nitrogens is 2. The summed E-state index contributed by atoms with van der Waals surface area (Å²) >= 11 is 5.86. The first kappa shape index (κ1) is 11.6. The van der Waals surface area contributed by atoms with E-state index in [2.05, 4.69) is 19.7 Å². The summed E-state index contributed by atoms with van der Waals surface area (Å²) in [5, 5.41) is 0.127. The van der Waals surface area contributed by atoms with Crippen molar-refractivity contribution in [1.29, 1.82) is 0 Å². The Hall–Kier alpha value is -1.89. The molecule has 0 amide bonds. The summed E-state index contributed by atoms with van der Waals surface area (Å²) in [6, 6.07) is -0.703. The molecule has 1 unspecified atom stereocenters. The summed E-state index contributed by atoms with van der Waals surface area (Å²) in [4.78, 5) is 22.8. The second kappa shape index (κ2) is 4.54. The average Bonchev–Trinajstić information content (AvgIpc) is 2.77. The van der Waals surface area contributed by atoms with Crippen molar-refractivity contribution in [3.8, 4) is 0 Å². The van der Waals surface area contributed by atoms with Gasteiger partial charge in [-0.15, -0.1) is 0 Å². The maximum absolute atomic E-state index is 11.3. The van der Waals surface area contributed by atoms with Gasteiger partial charge < -0.3 is 15.2 Å². The predicted octanol–water partition coefficient (Wildman–Crippen LogP) is 0.0306. The van der Waals surface area contributed by atoms with Gasteiger partial charge in [0.1, 0.15) is 29.5 Å². The molecule has 7 nitrogen and oxygen atoms in total. The lowest BCUT2D eigenvalue weighted by molar-refractivity contribution is -0.142. The molecule has 2 rings (SSSR count). The van der Waals surface area contributed by atoms with Crippen molar-refractivity contribution in [3.63, 3.8) is 0 Å². The number of nitrogen functional groups attached to an aromatic ring is 1. The quantitative estimate of drug-likeness (QED) is 0.592. The molecule has 17 heavy (non-hydrogen) atoms. The van der Waals surface area contributed by atoms with Gasteiger partial charge in [0.15, 0.2) is 6.04 Å². The Labute approximate surface area is 102 Å². The summed E-state index contributed by atoms with van der Waals surface area (Å²) in [5.41, 5.74) is 5.93. The number of ether oxygens (including phenoxy) is 2. The summed E-state index contributed by atoms with van der Waals surface area (Å²) < 4.78 is 9.80. The highest BCUT2D eigenvalue weighted by Crippen LogP contribution is 2.22. The number of nitrogens with zero attached hydrogens (tertiary/aromatic N) is 3. The first-order valence-electron chi connectivity index (χ1n) is 4.68. The third-order valence-corrected chi connectivity index (χ3v) is 2.46. The van der Waals surface area contributed by atoms with E-state index in [1.54, 1.807) is 0 Å². The van der Waals surface area contributed by atoms with Gasteiger partial charge in [-0.2, -0.15) is 0 Å². The fourth-order valence-corrected chi connectivity index (χ4v) is 1.56. The van der Waals surface area contributed by atoms with Gasteiger partial charge in [-0.25, -0.2) is 19.8 Å². The Kier molecular flexibility index (Phi) is 3.10. The molecular weight excluding hydrogens is 248 g/mol. The van der Waals surface area contributed by atoms with Crippen molar-refractivity contribution in [2.45, 2.75) is 6.04 Å². The van der Waals surface area contributed by atoms with Crippen LogP contribution in [0.3, 0.4) is 0 Å². The number of nitrogens with two attached hydrogens (primary N) is 1. The van der Waals surface area contributed by atoms with Crippen LogP contribution in [0.1, 0.15) is 5.56 Å². The molecule has 8 heteroatoms. The number of aliphatic imine (C=N–C) groups is 1. The highest BCUT2D eigenvalue weighted by atomic mass is 35.5. The molecule has 0 aromatic carbocycles. The Balaban J connectivity index is 2.33. The minimum Gasteiger partial charge on any atom is -0.474 e. The highest BCUT2D eigenvalue weighted by Gasteiger charge is 2.29. The zero-order valence-corrected chi connectivity index (χ0v) is 9.64. The van der Waals surface area contributed by atoms with E-state index in [0.29, 0.717) is 5.56 Å². The van der Waals surface area contributed by atoms with Crippen LogP contribution >= 0.6 is 11.6 Å². The summed E-state index contributed by atoms with van der Waals surface area (Å²) in [6.45, 7) is 0.0900. The van der Waals surface area contributed by atoms with Gasteiger partial charge in [0.25, 0.3) is 0 Å². The Morgan fingerprint density at radius 3 is 3.06 bits per heavy atom. The van der Waals surface area contributed by atoms with Gasteiger partial charge in [-0.3, -0.25) is 0 Å². The molecule has 0 saturated heterocycles. The molecule has 0 fully saturated rings. The molecule has 90 valence electrons. The van der Waals surface area contributed by atoms with Gasteiger partial charge in [0.05, 0.1) is 7.11 Å². The lowest BCUT2D eigenvalue weighted by Gasteiger charge is -2.04. The molecule has 1 aliphatic heterocycles. The lowest BCUT2D eigenvalue weighted by atomic mass is 10.3. The van der Waals surface area contributed by atoms with Crippen molar-refractivity contribution in [3.05, 3.63) is 17.0 Å². The number of halogens is 1. The molecule has 1 aromatic heterocycles. The number of methoxy groups -OCH3 is 1. The van der Waals surface area contributed by atoms with E-state index in [0.717, 1.165) is 0 Å². The van der Waals surface area contributed by atoms with Gasteiger partial charge in [0.2, 0.25) is 5.90 Å². The lowest BCUT2D eigenvalue weighted by Crippen LogP contribution is -2.21. The Morgan fingerprint density at radius 1 is 1.65 bits per heavy atom. The van der Waals surface area contributed by atoms with E-state index in [-0.39, 0.29) is 23.5 Å². The fraction of sp³-hybridized carbons (Fsp3) is 0.333. The number of hydrogen-bond donors (Lipinski definition) is 1. The summed E-state index contributed by atoms with van der Waals surface area (Å²) in [6.07, 6.45) is 1.23. The molecule has 2 heterocycles. The van der Waals surface area contributed by atoms with Crippen LogP contribution in [0, 0.1) is 0 Å². The van der Waals surface area contributed by atoms with Crippen molar-refractivity contribution < 1.29 is 14.3 Å².